The molecule has 0 aliphatic heterocycles. The Morgan fingerprint density at radius 1 is 1.54 bits per heavy atom. The fraction of sp³-hybridized carbons (Fsp3) is 0.300. The second-order valence-corrected chi connectivity index (χ2v) is 2.84. The summed E-state index contributed by atoms with van der Waals surface area (Å²) in [5, 5.41) is 9.33. The van der Waals surface area contributed by atoms with Crippen molar-refractivity contribution in [1.82, 2.24) is 0 Å². The molecule has 1 N–H and O–H groups in total. The molecule has 1 aromatic carbocycles. The monoisotopic (exact) mass is 182 g/mol. The maximum absolute atomic E-state index is 13.0. The number of hydrogen-bond donors (Lipinski definition) is 1. The van der Waals surface area contributed by atoms with Crippen molar-refractivity contribution < 1.29 is 14.3 Å². The van der Waals surface area contributed by atoms with Crippen LogP contribution >= 0.6 is 0 Å². The highest BCUT2D eigenvalue weighted by molar-refractivity contribution is 5.99. The van der Waals surface area contributed by atoms with Gasteiger partial charge in [0.2, 0.25) is 0 Å². The van der Waals surface area contributed by atoms with Crippen LogP contribution in [-0.2, 0) is 0 Å². The normalized spacial score (nSPS) is 10.1. The van der Waals surface area contributed by atoms with Crippen LogP contribution in [0.5, 0.6) is 5.75 Å². The molecule has 0 unspecified atom stereocenters. The standard InChI is InChI=1S/C10H11FO2/c1-3-8(12)10-6(2)7(11)4-5-9(10)13/h4-5,13H,3H2,1-2H3. The molecule has 0 saturated carbocycles. The number of aromatic hydroxyl groups is 1. The maximum Gasteiger partial charge on any atom is 0.166 e. The first kappa shape index (κ1) is 9.71. The van der Waals surface area contributed by atoms with Crippen molar-refractivity contribution in [2.45, 2.75) is 20.3 Å². The summed E-state index contributed by atoms with van der Waals surface area (Å²) >= 11 is 0. The molecule has 0 atom stereocenters. The van der Waals surface area contributed by atoms with Crippen molar-refractivity contribution in [3.63, 3.8) is 0 Å². The highest BCUT2D eigenvalue weighted by Crippen LogP contribution is 2.24. The van der Waals surface area contributed by atoms with Gasteiger partial charge in [-0.2, -0.15) is 0 Å². The molecular formula is C10H11FO2. The summed E-state index contributed by atoms with van der Waals surface area (Å²) in [4.78, 5) is 11.3. The molecule has 0 aliphatic rings. The van der Waals surface area contributed by atoms with Crippen LogP contribution in [0.1, 0.15) is 29.3 Å². The molecule has 0 fully saturated rings. The third-order valence-electron chi connectivity index (χ3n) is 1.98. The first-order chi connectivity index (χ1) is 6.07. The second kappa shape index (κ2) is 3.56. The van der Waals surface area contributed by atoms with Crippen LogP contribution in [0.3, 0.4) is 0 Å². The Bertz CT molecular complexity index is 345. The summed E-state index contributed by atoms with van der Waals surface area (Å²) < 4.78 is 13.0. The summed E-state index contributed by atoms with van der Waals surface area (Å²) in [5.41, 5.74) is 0.314. The molecule has 1 aromatic rings. The van der Waals surface area contributed by atoms with E-state index >= 15 is 0 Å². The molecule has 0 bridgehead atoms. The zero-order valence-corrected chi connectivity index (χ0v) is 7.60. The van der Waals surface area contributed by atoms with Crippen molar-refractivity contribution in [3.05, 3.63) is 29.1 Å². The van der Waals surface area contributed by atoms with Gasteiger partial charge in [-0.05, 0) is 24.6 Å². The molecule has 13 heavy (non-hydrogen) atoms. The zero-order chi connectivity index (χ0) is 10.0. The second-order valence-electron chi connectivity index (χ2n) is 2.84. The largest absolute Gasteiger partial charge is 0.507 e. The Hall–Kier alpha value is -1.38. The Kier molecular flexibility index (Phi) is 2.66. The van der Waals surface area contributed by atoms with E-state index in [0.717, 1.165) is 6.07 Å². The maximum atomic E-state index is 13.0. The molecule has 3 heteroatoms. The fourth-order valence-electron chi connectivity index (χ4n) is 1.20. The van der Waals surface area contributed by atoms with Gasteiger partial charge in [0, 0.05) is 6.42 Å². The van der Waals surface area contributed by atoms with Crippen LogP contribution in [0.15, 0.2) is 12.1 Å². The highest BCUT2D eigenvalue weighted by atomic mass is 19.1. The number of phenols is 1. The summed E-state index contributed by atoms with van der Waals surface area (Å²) in [5.74, 6) is -0.852. The van der Waals surface area contributed by atoms with Gasteiger partial charge in [-0.25, -0.2) is 4.39 Å². The predicted molar refractivity (Wildman–Crippen MR) is 47.4 cm³/mol. The highest BCUT2D eigenvalue weighted by Gasteiger charge is 2.14. The zero-order valence-electron chi connectivity index (χ0n) is 7.60. The Labute approximate surface area is 76.0 Å². The van der Waals surface area contributed by atoms with Gasteiger partial charge in [0.15, 0.2) is 5.78 Å². The van der Waals surface area contributed by atoms with Crippen LogP contribution < -0.4 is 0 Å². The van der Waals surface area contributed by atoms with Crippen LogP contribution in [-0.4, -0.2) is 10.9 Å². The Balaban J connectivity index is 3.33. The van der Waals surface area contributed by atoms with Crippen molar-refractivity contribution in [2.75, 3.05) is 0 Å². The van der Waals surface area contributed by atoms with Gasteiger partial charge >= 0.3 is 0 Å². The van der Waals surface area contributed by atoms with Crippen molar-refractivity contribution in [3.8, 4) is 5.75 Å². The van der Waals surface area contributed by atoms with Gasteiger partial charge in [-0.1, -0.05) is 6.92 Å². The van der Waals surface area contributed by atoms with Crippen LogP contribution in [0.25, 0.3) is 0 Å². The van der Waals surface area contributed by atoms with E-state index in [-0.39, 0.29) is 29.1 Å². The summed E-state index contributed by atoms with van der Waals surface area (Å²) in [7, 11) is 0. The molecule has 0 heterocycles. The molecule has 2 nitrogen and oxygen atoms in total. The van der Waals surface area contributed by atoms with Crippen LogP contribution in [0.2, 0.25) is 0 Å². The average Bonchev–Trinajstić information content (AvgIpc) is 2.12. The predicted octanol–water partition coefficient (Wildman–Crippen LogP) is 2.43. The molecule has 0 aromatic heterocycles. The van der Waals surface area contributed by atoms with E-state index in [1.807, 2.05) is 0 Å². The van der Waals surface area contributed by atoms with E-state index in [9.17, 15) is 14.3 Å². The van der Waals surface area contributed by atoms with Crippen molar-refractivity contribution in [2.24, 2.45) is 0 Å². The first-order valence-electron chi connectivity index (χ1n) is 4.09. The number of halogens is 1. The van der Waals surface area contributed by atoms with Crippen molar-refractivity contribution >= 4 is 5.78 Å². The number of carbonyl (C=O) groups excluding carboxylic acids is 1. The average molecular weight is 182 g/mol. The van der Waals surface area contributed by atoms with Crippen molar-refractivity contribution in [1.29, 1.82) is 0 Å². The number of Topliss-reactive ketones (excluding diaryl/α,β-unsaturated/α-hetero) is 1. The van der Waals surface area contributed by atoms with E-state index in [1.165, 1.54) is 13.0 Å². The Morgan fingerprint density at radius 2 is 2.15 bits per heavy atom. The Morgan fingerprint density at radius 3 is 2.69 bits per heavy atom. The van der Waals surface area contributed by atoms with Gasteiger partial charge in [-0.3, -0.25) is 4.79 Å². The topological polar surface area (TPSA) is 37.3 Å². The third-order valence-corrected chi connectivity index (χ3v) is 1.98. The van der Waals surface area contributed by atoms with E-state index in [4.69, 9.17) is 0 Å². The minimum Gasteiger partial charge on any atom is -0.507 e. The van der Waals surface area contributed by atoms with Crippen LogP contribution in [0.4, 0.5) is 4.39 Å². The molecule has 0 amide bonds. The molecule has 1 rings (SSSR count). The van der Waals surface area contributed by atoms with E-state index < -0.39 is 5.82 Å². The molecule has 0 spiro atoms. The quantitative estimate of drug-likeness (QED) is 0.713. The number of benzene rings is 1. The lowest BCUT2D eigenvalue weighted by Gasteiger charge is -2.06. The minimum atomic E-state index is -0.463. The minimum absolute atomic E-state index is 0.0995. The van der Waals surface area contributed by atoms with Gasteiger partial charge in [0.05, 0.1) is 5.56 Å². The lowest BCUT2D eigenvalue weighted by molar-refractivity contribution is 0.0984. The molecule has 0 radical (unpaired) electrons. The third kappa shape index (κ3) is 1.69. The number of ketones is 1. The van der Waals surface area contributed by atoms with Gasteiger partial charge in [0.25, 0.3) is 0 Å². The molecule has 0 saturated heterocycles. The lowest BCUT2D eigenvalue weighted by atomic mass is 10.0. The number of phenolic OH excluding ortho intramolecular Hbond substituents is 1. The van der Waals surface area contributed by atoms with E-state index in [0.29, 0.717) is 0 Å². The SMILES string of the molecule is CCC(=O)c1c(O)ccc(F)c1C. The first-order valence-corrected chi connectivity index (χ1v) is 4.09. The van der Waals surface area contributed by atoms with Gasteiger partial charge < -0.3 is 5.11 Å². The van der Waals surface area contributed by atoms with E-state index in [1.54, 1.807) is 6.92 Å². The summed E-state index contributed by atoms with van der Waals surface area (Å²) in [6.45, 7) is 3.16. The number of hydrogen-bond acceptors (Lipinski definition) is 2. The number of rotatable bonds is 2. The molecule has 0 aliphatic carbocycles. The van der Waals surface area contributed by atoms with Gasteiger partial charge in [-0.15, -0.1) is 0 Å². The fourth-order valence-corrected chi connectivity index (χ4v) is 1.20. The molecule has 70 valence electrons. The molecular weight excluding hydrogens is 171 g/mol. The lowest BCUT2D eigenvalue weighted by Crippen LogP contribution is -2.02. The summed E-state index contributed by atoms with van der Waals surface area (Å²) in [6, 6.07) is 2.35. The summed E-state index contributed by atoms with van der Waals surface area (Å²) in [6.07, 6.45) is 0.262. The van der Waals surface area contributed by atoms with Gasteiger partial charge in [0.1, 0.15) is 11.6 Å². The van der Waals surface area contributed by atoms with Crippen LogP contribution in [0, 0.1) is 12.7 Å². The smallest absolute Gasteiger partial charge is 0.166 e. The van der Waals surface area contributed by atoms with E-state index in [2.05, 4.69) is 0 Å². The number of carbonyl (C=O) groups is 1.